The first kappa shape index (κ1) is 16.3. The molecule has 0 amide bonds. The molecule has 0 atom stereocenters. The molecule has 0 fully saturated rings. The summed E-state index contributed by atoms with van der Waals surface area (Å²) in [5.41, 5.74) is 2.50. The van der Waals surface area contributed by atoms with Crippen molar-refractivity contribution >= 4 is 60.7 Å². The molecule has 112 valence electrons. The normalized spacial score (nSPS) is 11.2. The van der Waals surface area contributed by atoms with E-state index in [0.29, 0.717) is 0 Å². The van der Waals surface area contributed by atoms with E-state index in [1.807, 2.05) is 0 Å². The monoisotopic (exact) mass is 410 g/mol. The van der Waals surface area contributed by atoms with E-state index in [1.54, 1.807) is 12.1 Å². The van der Waals surface area contributed by atoms with Gasteiger partial charge in [0.2, 0.25) is 0 Å². The maximum atomic E-state index is 12.3. The molecule has 0 aliphatic rings. The van der Waals surface area contributed by atoms with Crippen molar-refractivity contribution in [3.8, 4) is 0 Å². The highest BCUT2D eigenvalue weighted by atomic mass is 79.9. The van der Waals surface area contributed by atoms with E-state index in [9.17, 15) is 8.42 Å². The number of hydrogen-bond donors (Lipinski definition) is 3. The van der Waals surface area contributed by atoms with E-state index in [1.165, 1.54) is 12.1 Å². The lowest BCUT2D eigenvalue weighted by Crippen LogP contribution is -2.15. The van der Waals surface area contributed by atoms with Gasteiger partial charge in [-0.05, 0) is 24.3 Å². The van der Waals surface area contributed by atoms with E-state index in [4.69, 9.17) is 29.0 Å². The van der Waals surface area contributed by atoms with Gasteiger partial charge < -0.3 is 5.43 Å². The molecule has 1 aromatic heterocycles. The molecule has 4 N–H and O–H groups in total. The van der Waals surface area contributed by atoms with Crippen LogP contribution in [0.25, 0.3) is 0 Å². The average Bonchev–Trinajstić information content (AvgIpc) is 2.42. The SMILES string of the molecule is NNc1ncc(S(=O)(=O)Nc2ccc(Br)cc2Cl)cc1Cl. The van der Waals surface area contributed by atoms with E-state index in [2.05, 4.69) is 31.1 Å². The Morgan fingerprint density at radius 3 is 2.48 bits per heavy atom. The minimum atomic E-state index is -3.86. The Balaban J connectivity index is 2.36. The number of nitrogens with one attached hydrogen (secondary N) is 2. The fraction of sp³-hybridized carbons (Fsp3) is 0. The Bertz CT molecular complexity index is 786. The van der Waals surface area contributed by atoms with Crippen molar-refractivity contribution in [2.24, 2.45) is 5.84 Å². The molecule has 2 aromatic rings. The van der Waals surface area contributed by atoms with Crippen LogP contribution in [0.1, 0.15) is 0 Å². The second kappa shape index (κ2) is 6.37. The number of benzene rings is 1. The summed E-state index contributed by atoms with van der Waals surface area (Å²) < 4.78 is 27.6. The Morgan fingerprint density at radius 1 is 1.19 bits per heavy atom. The molecule has 6 nitrogen and oxygen atoms in total. The first-order valence-corrected chi connectivity index (χ1v) is 8.47. The van der Waals surface area contributed by atoms with Crippen LogP contribution >= 0.6 is 39.1 Å². The number of sulfonamides is 1. The van der Waals surface area contributed by atoms with Gasteiger partial charge in [-0.2, -0.15) is 0 Å². The quantitative estimate of drug-likeness (QED) is 0.530. The molecular formula is C11H9BrCl2N4O2S. The first-order valence-electron chi connectivity index (χ1n) is 5.43. The number of nitrogens with two attached hydrogens (primary N) is 1. The van der Waals surface area contributed by atoms with Gasteiger partial charge in [0.25, 0.3) is 10.0 Å². The van der Waals surface area contributed by atoms with Crippen molar-refractivity contribution in [2.75, 3.05) is 10.1 Å². The predicted molar refractivity (Wildman–Crippen MR) is 87.0 cm³/mol. The van der Waals surface area contributed by atoms with Gasteiger partial charge in [0, 0.05) is 10.7 Å². The zero-order valence-electron chi connectivity index (χ0n) is 10.3. The van der Waals surface area contributed by atoms with Crippen LogP contribution in [0.2, 0.25) is 10.0 Å². The third kappa shape index (κ3) is 3.78. The minimum Gasteiger partial charge on any atom is -0.307 e. The fourth-order valence-corrected chi connectivity index (χ4v) is 3.56. The third-order valence-electron chi connectivity index (χ3n) is 2.44. The number of pyridine rings is 1. The number of halogens is 3. The zero-order valence-corrected chi connectivity index (χ0v) is 14.2. The number of hydrazine groups is 1. The van der Waals surface area contributed by atoms with Gasteiger partial charge in [-0.15, -0.1) is 0 Å². The molecular weight excluding hydrogens is 403 g/mol. The summed E-state index contributed by atoms with van der Waals surface area (Å²) in [6.45, 7) is 0. The molecule has 1 aromatic carbocycles. The van der Waals surface area contributed by atoms with Gasteiger partial charge >= 0.3 is 0 Å². The lowest BCUT2D eigenvalue weighted by Gasteiger charge is -2.10. The molecule has 0 radical (unpaired) electrons. The highest BCUT2D eigenvalue weighted by Crippen LogP contribution is 2.28. The van der Waals surface area contributed by atoms with E-state index in [-0.39, 0.29) is 26.4 Å². The molecule has 10 heteroatoms. The number of hydrogen-bond acceptors (Lipinski definition) is 5. The van der Waals surface area contributed by atoms with Crippen LogP contribution in [0.5, 0.6) is 0 Å². The van der Waals surface area contributed by atoms with Crippen molar-refractivity contribution in [3.63, 3.8) is 0 Å². The van der Waals surface area contributed by atoms with E-state index in [0.717, 1.165) is 10.7 Å². The molecule has 0 aliphatic carbocycles. The number of rotatable bonds is 4. The molecule has 0 bridgehead atoms. The highest BCUT2D eigenvalue weighted by molar-refractivity contribution is 9.10. The van der Waals surface area contributed by atoms with Gasteiger partial charge in [0.1, 0.15) is 4.90 Å². The second-order valence-electron chi connectivity index (χ2n) is 3.88. The van der Waals surface area contributed by atoms with Crippen molar-refractivity contribution < 1.29 is 8.42 Å². The topological polar surface area (TPSA) is 97.1 Å². The number of nitrogens with zero attached hydrogens (tertiary/aromatic N) is 1. The number of nitrogen functional groups attached to an aromatic ring is 1. The lowest BCUT2D eigenvalue weighted by molar-refractivity contribution is 0.601. The summed E-state index contributed by atoms with van der Waals surface area (Å²) >= 11 is 15.1. The Hall–Kier alpha value is -1.06. The van der Waals surface area contributed by atoms with E-state index >= 15 is 0 Å². The van der Waals surface area contributed by atoms with Gasteiger partial charge in [-0.1, -0.05) is 39.1 Å². The van der Waals surface area contributed by atoms with Crippen molar-refractivity contribution in [1.29, 1.82) is 0 Å². The van der Waals surface area contributed by atoms with Crippen LogP contribution in [-0.4, -0.2) is 13.4 Å². The van der Waals surface area contributed by atoms with Crippen LogP contribution < -0.4 is 16.0 Å². The van der Waals surface area contributed by atoms with Crippen molar-refractivity contribution in [1.82, 2.24) is 4.98 Å². The second-order valence-corrected chi connectivity index (χ2v) is 7.29. The van der Waals surface area contributed by atoms with Crippen LogP contribution in [0.15, 0.2) is 39.8 Å². The van der Waals surface area contributed by atoms with Crippen molar-refractivity contribution in [2.45, 2.75) is 4.90 Å². The van der Waals surface area contributed by atoms with Crippen molar-refractivity contribution in [3.05, 3.63) is 45.0 Å². The molecule has 0 spiro atoms. The molecule has 2 rings (SSSR count). The summed E-state index contributed by atoms with van der Waals surface area (Å²) in [7, 11) is -3.86. The van der Waals surface area contributed by atoms with Gasteiger partial charge in [-0.25, -0.2) is 19.2 Å². The Labute approximate surface area is 139 Å². The van der Waals surface area contributed by atoms with Gasteiger partial charge in [0.05, 0.1) is 15.7 Å². The number of anilines is 2. The molecule has 21 heavy (non-hydrogen) atoms. The predicted octanol–water partition coefficient (Wildman–Crippen LogP) is 3.24. The van der Waals surface area contributed by atoms with Crippen LogP contribution in [-0.2, 0) is 10.0 Å². The molecule has 0 unspecified atom stereocenters. The van der Waals surface area contributed by atoms with E-state index < -0.39 is 10.0 Å². The fourth-order valence-electron chi connectivity index (χ4n) is 1.45. The summed E-state index contributed by atoms with van der Waals surface area (Å²) in [4.78, 5) is 3.71. The van der Waals surface area contributed by atoms with Gasteiger partial charge in [0.15, 0.2) is 5.82 Å². The number of aromatic nitrogens is 1. The molecule has 1 heterocycles. The van der Waals surface area contributed by atoms with Crippen LogP contribution in [0.3, 0.4) is 0 Å². The standard InChI is InChI=1S/C11H9BrCl2N4O2S/c12-6-1-2-10(8(13)3-6)18-21(19,20)7-4-9(14)11(17-15)16-5-7/h1-5,18H,15H2,(H,16,17). The summed E-state index contributed by atoms with van der Waals surface area (Å²) in [5.74, 6) is 5.36. The van der Waals surface area contributed by atoms with Crippen LogP contribution in [0, 0.1) is 0 Å². The minimum absolute atomic E-state index is 0.0854. The summed E-state index contributed by atoms with van der Waals surface area (Å²) in [6, 6.07) is 6.01. The maximum Gasteiger partial charge on any atom is 0.263 e. The Morgan fingerprint density at radius 2 is 1.90 bits per heavy atom. The smallest absolute Gasteiger partial charge is 0.263 e. The maximum absolute atomic E-state index is 12.3. The largest absolute Gasteiger partial charge is 0.307 e. The highest BCUT2D eigenvalue weighted by Gasteiger charge is 2.18. The lowest BCUT2D eigenvalue weighted by atomic mass is 10.3. The molecule has 0 saturated carbocycles. The third-order valence-corrected chi connectivity index (χ3v) is 4.87. The average molecular weight is 412 g/mol. The summed E-state index contributed by atoms with van der Waals surface area (Å²) in [5, 5.41) is 0.342. The molecule has 0 saturated heterocycles. The first-order chi connectivity index (χ1) is 9.83. The zero-order chi connectivity index (χ0) is 15.6. The molecule has 0 aliphatic heterocycles. The van der Waals surface area contributed by atoms with Crippen LogP contribution in [0.4, 0.5) is 11.5 Å². The Kier molecular flexibility index (Phi) is 4.95. The van der Waals surface area contributed by atoms with Gasteiger partial charge in [-0.3, -0.25) is 4.72 Å². The summed E-state index contributed by atoms with van der Waals surface area (Å²) in [6.07, 6.45) is 1.14.